The lowest BCUT2D eigenvalue weighted by Gasteiger charge is -2.45. The Morgan fingerprint density at radius 1 is 1.24 bits per heavy atom. The molecule has 0 aliphatic carbocycles. The van der Waals surface area contributed by atoms with Crippen LogP contribution >= 0.6 is 0 Å². The van der Waals surface area contributed by atoms with Gasteiger partial charge in [-0.1, -0.05) is 0 Å². The maximum Gasteiger partial charge on any atom is 0.169 e. The molecule has 5 heteroatoms. The van der Waals surface area contributed by atoms with Gasteiger partial charge in [0.05, 0.1) is 5.69 Å². The van der Waals surface area contributed by atoms with Crippen molar-refractivity contribution in [2.75, 3.05) is 31.1 Å². The van der Waals surface area contributed by atoms with E-state index >= 15 is 0 Å². The molecule has 1 atom stereocenters. The molecule has 1 aromatic rings. The number of hydrogen-bond acceptors (Lipinski definition) is 5. The number of nitriles is 1. The highest BCUT2D eigenvalue weighted by atomic mass is 15.3. The van der Waals surface area contributed by atoms with Crippen LogP contribution in [0.2, 0.25) is 0 Å². The van der Waals surface area contributed by atoms with E-state index in [0.717, 1.165) is 43.3 Å². The van der Waals surface area contributed by atoms with Crippen LogP contribution in [0.3, 0.4) is 0 Å². The lowest BCUT2D eigenvalue weighted by molar-refractivity contribution is 0.172. The van der Waals surface area contributed by atoms with E-state index in [4.69, 9.17) is 0 Å². The Morgan fingerprint density at radius 2 is 2.05 bits per heavy atom. The van der Waals surface area contributed by atoms with Crippen molar-refractivity contribution in [1.82, 2.24) is 15.5 Å². The molecule has 3 heterocycles. The second-order valence-electron chi connectivity index (χ2n) is 6.53. The summed E-state index contributed by atoms with van der Waals surface area (Å²) in [6.45, 7) is 8.07. The van der Waals surface area contributed by atoms with Gasteiger partial charge in [0.2, 0.25) is 0 Å². The maximum absolute atomic E-state index is 9.50. The number of piperidine rings is 2. The highest BCUT2D eigenvalue weighted by Gasteiger charge is 2.37. The molecule has 2 saturated heterocycles. The first-order valence-corrected chi connectivity index (χ1v) is 7.85. The average Bonchev–Trinajstić information content (AvgIpc) is 2.50. The van der Waals surface area contributed by atoms with Crippen molar-refractivity contribution in [2.45, 2.75) is 39.5 Å². The van der Waals surface area contributed by atoms with Crippen molar-refractivity contribution in [3.8, 4) is 6.07 Å². The zero-order chi connectivity index (χ0) is 14.9. The molecule has 3 rings (SSSR count). The van der Waals surface area contributed by atoms with Crippen LogP contribution in [-0.4, -0.2) is 36.4 Å². The molecule has 2 aliphatic heterocycles. The molecule has 0 radical (unpaired) electrons. The third kappa shape index (κ3) is 2.60. The summed E-state index contributed by atoms with van der Waals surface area (Å²) in [5.41, 5.74) is 2.86. The van der Waals surface area contributed by atoms with Gasteiger partial charge in [-0.3, -0.25) is 0 Å². The molecule has 0 amide bonds. The Morgan fingerprint density at radius 3 is 2.76 bits per heavy atom. The smallest absolute Gasteiger partial charge is 0.169 e. The van der Waals surface area contributed by atoms with Crippen LogP contribution in [-0.2, 0) is 0 Å². The lowest BCUT2D eigenvalue weighted by atomic mass is 9.74. The van der Waals surface area contributed by atoms with Crippen molar-refractivity contribution in [3.63, 3.8) is 0 Å². The standard InChI is InChI=1S/C16H23N5/c1-12-13(2)19-20-15(14(12)9-17)21-8-4-6-16(11-21)5-3-7-18-10-16/h18H,3-8,10-11H2,1-2H3. The van der Waals surface area contributed by atoms with Crippen LogP contribution in [0.15, 0.2) is 0 Å². The molecule has 1 N–H and O–H groups in total. The minimum atomic E-state index is 0.351. The number of aryl methyl sites for hydroxylation is 1. The van der Waals surface area contributed by atoms with Crippen molar-refractivity contribution < 1.29 is 0 Å². The van der Waals surface area contributed by atoms with Crippen LogP contribution in [0.5, 0.6) is 0 Å². The molecule has 2 fully saturated rings. The fraction of sp³-hybridized carbons (Fsp3) is 0.688. The van der Waals surface area contributed by atoms with E-state index in [1.807, 2.05) is 13.8 Å². The minimum absolute atomic E-state index is 0.351. The summed E-state index contributed by atoms with van der Waals surface area (Å²) in [5.74, 6) is 0.783. The number of anilines is 1. The summed E-state index contributed by atoms with van der Waals surface area (Å²) >= 11 is 0. The van der Waals surface area contributed by atoms with Crippen molar-refractivity contribution in [2.24, 2.45) is 5.41 Å². The van der Waals surface area contributed by atoms with Crippen LogP contribution < -0.4 is 10.2 Å². The topological polar surface area (TPSA) is 64.8 Å². The normalized spacial score (nSPS) is 25.9. The molecule has 21 heavy (non-hydrogen) atoms. The van der Waals surface area contributed by atoms with Crippen molar-refractivity contribution >= 4 is 5.82 Å². The zero-order valence-corrected chi connectivity index (χ0v) is 12.9. The van der Waals surface area contributed by atoms with Crippen molar-refractivity contribution in [3.05, 3.63) is 16.8 Å². The summed E-state index contributed by atoms with van der Waals surface area (Å²) in [6, 6.07) is 2.33. The van der Waals surface area contributed by atoms with Gasteiger partial charge in [-0.2, -0.15) is 10.4 Å². The van der Waals surface area contributed by atoms with Gasteiger partial charge in [0.25, 0.3) is 0 Å². The summed E-state index contributed by atoms with van der Waals surface area (Å²) in [4.78, 5) is 2.29. The molecule has 0 saturated carbocycles. The molecule has 1 aromatic heterocycles. The molecule has 2 aliphatic rings. The Labute approximate surface area is 126 Å². The van der Waals surface area contributed by atoms with Gasteiger partial charge in [-0.25, -0.2) is 0 Å². The summed E-state index contributed by atoms with van der Waals surface area (Å²) in [6.07, 6.45) is 4.96. The summed E-state index contributed by atoms with van der Waals surface area (Å²) in [5, 5.41) is 21.6. The summed E-state index contributed by atoms with van der Waals surface area (Å²) < 4.78 is 0. The van der Waals surface area contributed by atoms with E-state index in [1.54, 1.807) is 0 Å². The zero-order valence-electron chi connectivity index (χ0n) is 12.9. The molecule has 1 unspecified atom stereocenters. The SMILES string of the molecule is Cc1nnc(N2CCCC3(CCCNC3)C2)c(C#N)c1C. The van der Waals surface area contributed by atoms with Crippen LogP contribution in [0.25, 0.3) is 0 Å². The molecule has 112 valence electrons. The minimum Gasteiger partial charge on any atom is -0.353 e. The molecule has 0 aromatic carbocycles. The Bertz CT molecular complexity index is 563. The van der Waals surface area contributed by atoms with Gasteiger partial charge in [-0.05, 0) is 51.6 Å². The molecule has 1 spiro atoms. The Kier molecular flexibility index (Phi) is 3.81. The van der Waals surface area contributed by atoms with Crippen LogP contribution in [0, 0.1) is 30.6 Å². The molecule has 5 nitrogen and oxygen atoms in total. The average molecular weight is 285 g/mol. The molecule has 0 bridgehead atoms. The molecular formula is C16H23N5. The first-order valence-electron chi connectivity index (χ1n) is 7.85. The maximum atomic E-state index is 9.50. The summed E-state index contributed by atoms with van der Waals surface area (Å²) in [7, 11) is 0. The van der Waals surface area contributed by atoms with Gasteiger partial charge in [0.15, 0.2) is 5.82 Å². The first-order chi connectivity index (χ1) is 10.2. The van der Waals surface area contributed by atoms with E-state index in [2.05, 4.69) is 26.5 Å². The number of nitrogens with zero attached hydrogens (tertiary/aromatic N) is 4. The van der Waals surface area contributed by atoms with Gasteiger partial charge in [0, 0.05) is 25.0 Å². The second-order valence-corrected chi connectivity index (χ2v) is 6.53. The fourth-order valence-electron chi connectivity index (χ4n) is 3.72. The van der Waals surface area contributed by atoms with Crippen LogP contribution in [0.1, 0.15) is 42.5 Å². The van der Waals surface area contributed by atoms with Gasteiger partial charge in [-0.15, -0.1) is 5.10 Å². The van der Waals surface area contributed by atoms with Crippen molar-refractivity contribution in [1.29, 1.82) is 5.26 Å². The van der Waals surface area contributed by atoms with E-state index in [0.29, 0.717) is 11.0 Å². The fourth-order valence-corrected chi connectivity index (χ4v) is 3.72. The predicted molar refractivity (Wildman–Crippen MR) is 82.2 cm³/mol. The largest absolute Gasteiger partial charge is 0.353 e. The second kappa shape index (κ2) is 5.61. The van der Waals surface area contributed by atoms with E-state index < -0.39 is 0 Å². The van der Waals surface area contributed by atoms with E-state index in [-0.39, 0.29) is 0 Å². The highest BCUT2D eigenvalue weighted by Crippen LogP contribution is 2.38. The number of aromatic nitrogens is 2. The molecular weight excluding hydrogens is 262 g/mol. The first kappa shape index (κ1) is 14.3. The number of hydrogen-bond donors (Lipinski definition) is 1. The van der Waals surface area contributed by atoms with Crippen LogP contribution in [0.4, 0.5) is 5.82 Å². The quantitative estimate of drug-likeness (QED) is 0.854. The lowest BCUT2D eigenvalue weighted by Crippen LogP contribution is -2.51. The highest BCUT2D eigenvalue weighted by molar-refractivity contribution is 5.57. The van der Waals surface area contributed by atoms with Gasteiger partial charge in [0.1, 0.15) is 11.6 Å². The Balaban J connectivity index is 1.90. The number of rotatable bonds is 1. The Hall–Kier alpha value is -1.67. The monoisotopic (exact) mass is 285 g/mol. The van der Waals surface area contributed by atoms with E-state index in [1.165, 1.54) is 25.7 Å². The number of nitrogens with one attached hydrogen (secondary N) is 1. The van der Waals surface area contributed by atoms with Gasteiger partial charge >= 0.3 is 0 Å². The third-order valence-electron chi connectivity index (χ3n) is 5.07. The van der Waals surface area contributed by atoms with Gasteiger partial charge < -0.3 is 10.2 Å². The van der Waals surface area contributed by atoms with E-state index in [9.17, 15) is 5.26 Å². The predicted octanol–water partition coefficient (Wildman–Crippen LogP) is 1.94. The third-order valence-corrected chi connectivity index (χ3v) is 5.07.